The van der Waals surface area contributed by atoms with E-state index in [0.717, 1.165) is 28.1 Å². The lowest BCUT2D eigenvalue weighted by Gasteiger charge is -2.35. The monoisotopic (exact) mass is 1110 g/mol. The van der Waals surface area contributed by atoms with Crippen LogP contribution in [0.1, 0.15) is 74.1 Å². The van der Waals surface area contributed by atoms with Crippen molar-refractivity contribution in [2.24, 2.45) is 19.5 Å². The number of aliphatic hydroxyl groups excluding tert-OH is 1. The van der Waals surface area contributed by atoms with E-state index in [-0.39, 0.29) is 93.3 Å². The van der Waals surface area contributed by atoms with E-state index in [9.17, 15) is 37.5 Å². The number of aryl methyl sites for hydroxylation is 4. The molecule has 0 aliphatic carbocycles. The van der Waals surface area contributed by atoms with Crippen LogP contribution >= 0.6 is 11.3 Å². The molecule has 1 aliphatic rings. The number of likely N-dealkylation sites (tertiary alicyclic amines) is 1. The van der Waals surface area contributed by atoms with Crippen molar-refractivity contribution in [3.63, 3.8) is 0 Å². The first kappa shape index (κ1) is 58.9. The van der Waals surface area contributed by atoms with Gasteiger partial charge in [0.25, 0.3) is 5.91 Å². The number of aliphatic hydroxyl groups is 1. The molecule has 2 aromatic heterocycles. The highest BCUT2D eigenvalue weighted by molar-refractivity contribution is 7.90. The van der Waals surface area contributed by atoms with Gasteiger partial charge in [-0.25, -0.2) is 18.2 Å². The van der Waals surface area contributed by atoms with Gasteiger partial charge in [-0.3, -0.25) is 28.3 Å². The van der Waals surface area contributed by atoms with E-state index >= 15 is 0 Å². The fourth-order valence-corrected chi connectivity index (χ4v) is 11.2. The van der Waals surface area contributed by atoms with Crippen molar-refractivity contribution >= 4 is 55.7 Å². The first-order chi connectivity index (χ1) is 37.2. The summed E-state index contributed by atoms with van der Waals surface area (Å²) in [6.45, 7) is 10.5. The summed E-state index contributed by atoms with van der Waals surface area (Å²) in [5, 5.41) is 16.1. The van der Waals surface area contributed by atoms with Crippen molar-refractivity contribution in [2.45, 2.75) is 89.1 Å². The number of nitrogens with zero attached hydrogens (tertiary/aromatic N) is 4. The van der Waals surface area contributed by atoms with Crippen molar-refractivity contribution in [1.29, 1.82) is 0 Å². The van der Waals surface area contributed by atoms with Crippen LogP contribution in [0.4, 0.5) is 0 Å². The zero-order chi connectivity index (χ0) is 56.1. The summed E-state index contributed by atoms with van der Waals surface area (Å²) in [6.07, 6.45) is 0.748. The van der Waals surface area contributed by atoms with Crippen molar-refractivity contribution in [3.05, 3.63) is 123 Å². The van der Waals surface area contributed by atoms with Gasteiger partial charge in [0.05, 0.1) is 89.6 Å². The molecule has 0 spiro atoms. The van der Waals surface area contributed by atoms with Crippen LogP contribution in [0.25, 0.3) is 21.5 Å². The molecule has 3 heterocycles. The van der Waals surface area contributed by atoms with E-state index in [4.69, 9.17) is 23.7 Å². The highest BCUT2D eigenvalue weighted by atomic mass is 32.2. The number of β-amino-alcohol motifs (C(OH)–C–C–N with tert-alkyl or cyclic N) is 1. The smallest absolute Gasteiger partial charge is 0.328 e. The van der Waals surface area contributed by atoms with Crippen molar-refractivity contribution in [3.8, 4) is 27.7 Å². The van der Waals surface area contributed by atoms with Crippen LogP contribution in [0, 0.1) is 12.3 Å². The third kappa shape index (κ3) is 15.3. The summed E-state index contributed by atoms with van der Waals surface area (Å²) in [5.41, 5.74) is 5.33. The van der Waals surface area contributed by atoms with Gasteiger partial charge in [-0.05, 0) is 72.7 Å². The van der Waals surface area contributed by atoms with Crippen LogP contribution in [0.5, 0.6) is 17.2 Å². The number of sulfone groups is 1. The first-order valence-corrected chi connectivity index (χ1v) is 28.5. The largest absolute Gasteiger partial charge is 0.493 e. The molecule has 1 saturated heterocycles. The number of nitrogens with one attached hydrogen (secondary N) is 2. The Balaban J connectivity index is 0.809. The third-order valence-electron chi connectivity index (χ3n) is 13.2. The molecule has 6 aromatic rings. The molecule has 3 amide bonds. The van der Waals surface area contributed by atoms with Crippen LogP contribution in [0.2, 0.25) is 0 Å². The summed E-state index contributed by atoms with van der Waals surface area (Å²) in [4.78, 5) is 73.4. The van der Waals surface area contributed by atoms with Gasteiger partial charge in [-0.15, -0.1) is 11.3 Å². The Bertz CT molecular complexity index is 3240. The zero-order valence-corrected chi connectivity index (χ0v) is 46.9. The average molecular weight is 1110 g/mol. The highest BCUT2D eigenvalue weighted by Crippen LogP contribution is 2.34. The van der Waals surface area contributed by atoms with E-state index in [1.807, 2.05) is 64.4 Å². The molecule has 3 N–H and O–H groups in total. The number of fused-ring (bicyclic) bond motifs is 1. The number of imidazole rings is 1. The first-order valence-electron chi connectivity index (χ1n) is 26.0. The molecule has 19 nitrogen and oxygen atoms in total. The molecule has 1 fully saturated rings. The van der Waals surface area contributed by atoms with Gasteiger partial charge in [0.1, 0.15) is 29.9 Å². The van der Waals surface area contributed by atoms with Crippen LogP contribution in [0.15, 0.2) is 100 Å². The summed E-state index contributed by atoms with van der Waals surface area (Å²) < 4.78 is 59.6. The number of ketones is 1. The lowest BCUT2D eigenvalue weighted by molar-refractivity contribution is -0.144. The van der Waals surface area contributed by atoms with Gasteiger partial charge in [-0.1, -0.05) is 64.1 Å². The van der Waals surface area contributed by atoms with Gasteiger partial charge >= 0.3 is 5.69 Å². The quantitative estimate of drug-likeness (QED) is 0.0478. The van der Waals surface area contributed by atoms with Gasteiger partial charge in [0.15, 0.2) is 15.6 Å². The number of carbonyl (C=O) groups is 4. The summed E-state index contributed by atoms with van der Waals surface area (Å²) >= 11 is 1.57. The third-order valence-corrected chi connectivity index (χ3v) is 15.9. The van der Waals surface area contributed by atoms with Crippen LogP contribution < -0.4 is 25.8 Å². The Hall–Kier alpha value is -6.75. The highest BCUT2D eigenvalue weighted by Gasteiger charge is 2.44. The van der Waals surface area contributed by atoms with E-state index in [2.05, 4.69) is 15.6 Å². The van der Waals surface area contributed by atoms with E-state index in [1.54, 1.807) is 61.8 Å². The predicted molar refractivity (Wildman–Crippen MR) is 296 cm³/mol. The Kier molecular flexibility index (Phi) is 20.2. The summed E-state index contributed by atoms with van der Waals surface area (Å²) in [7, 11) is -0.812. The van der Waals surface area contributed by atoms with Crippen LogP contribution in [-0.4, -0.2) is 134 Å². The minimum Gasteiger partial charge on any atom is -0.493 e. The van der Waals surface area contributed by atoms with Crippen molar-refractivity contribution in [1.82, 2.24) is 29.7 Å². The number of rotatable bonds is 27. The van der Waals surface area contributed by atoms with Gasteiger partial charge < -0.3 is 44.3 Å². The molecule has 0 radical (unpaired) electrons. The molecule has 418 valence electrons. The second kappa shape index (κ2) is 26.7. The molecule has 78 heavy (non-hydrogen) atoms. The average Bonchev–Trinajstić information content (AvgIpc) is 4.25. The van der Waals surface area contributed by atoms with Gasteiger partial charge in [0.2, 0.25) is 11.8 Å². The molecule has 0 saturated carbocycles. The second-order valence-electron chi connectivity index (χ2n) is 20.3. The summed E-state index contributed by atoms with van der Waals surface area (Å²) in [5.74, 6) is -0.840. The molecule has 0 unspecified atom stereocenters. The minimum atomic E-state index is -4.05. The predicted octanol–water partition coefficient (Wildman–Crippen LogP) is 6.34. The van der Waals surface area contributed by atoms with Crippen LogP contribution in [0.3, 0.4) is 0 Å². The normalized spacial score (nSPS) is 15.1. The number of carbonyl (C=O) groups excluding carboxylic acids is 4. The number of ether oxygens (including phenoxy) is 5. The fraction of sp³-hybridized carbons (Fsp3) is 0.439. The minimum absolute atomic E-state index is 0.0110. The van der Waals surface area contributed by atoms with E-state index in [1.165, 1.54) is 38.3 Å². The van der Waals surface area contributed by atoms with Gasteiger partial charge in [0, 0.05) is 63.3 Å². The molecule has 7 rings (SSSR count). The second-order valence-corrected chi connectivity index (χ2v) is 23.1. The maximum Gasteiger partial charge on any atom is 0.328 e. The number of aromatic nitrogens is 3. The molecular weight excluding hydrogens is 1040 g/mol. The Morgan fingerprint density at radius 1 is 0.859 bits per heavy atom. The maximum absolute atomic E-state index is 14.0. The van der Waals surface area contributed by atoms with Crippen molar-refractivity contribution < 1.29 is 56.4 Å². The number of hydrogen-bond acceptors (Lipinski definition) is 15. The van der Waals surface area contributed by atoms with Crippen LogP contribution in [-0.2, 0) is 64.7 Å². The standard InChI is InChI=1S/C57H70N6O13S2/c1-8-22-75-43-12-10-13-44(31-43)76-50-32-47-46(61(6)56(69)62(47)7)29-41(50)35-78(70,71)45-14-9-11-40(28-45)54(67)58-21-23-72-24-25-73-26-27-74-34-51(66)60-53(57(3,4)5)55(68)63-33-42(64)30-48(63)49(65)20-17-38-15-18-39(19-16-38)52-37(2)59-36-77-52/h9-16,18-19,28-29,31-32,36,42,48,53,64H,8,17,20-27,30,33-35H2,1-7H3,(H,58,67)(H,60,66)/t42-,48+,53-/m0/s1. The fourth-order valence-electron chi connectivity index (χ4n) is 9.03. The van der Waals surface area contributed by atoms with E-state index in [0.29, 0.717) is 41.1 Å². The number of Topliss-reactive ketones (excluding diaryl/α,β-unsaturated/α-hetero) is 1. The number of hydrogen-bond donors (Lipinski definition) is 3. The Morgan fingerprint density at radius 2 is 1.54 bits per heavy atom. The van der Waals surface area contributed by atoms with Crippen molar-refractivity contribution in [2.75, 3.05) is 59.3 Å². The van der Waals surface area contributed by atoms with Gasteiger partial charge in [-0.2, -0.15) is 0 Å². The SMILES string of the molecule is CCCOc1cccc(Oc2cc3c(cc2CS(=O)(=O)c2cccc(C(=O)NCCOCCOCCOCC(=O)N[C@@H](C(=O)N4C[C@@H](O)C[C@@H]4C(=O)CCc4ccc(-c5scnc5C)cc4)C(C)(C)C)c2)n(C)c(=O)n3C)c1. The number of benzene rings is 4. The Labute approximate surface area is 458 Å². The summed E-state index contributed by atoms with van der Waals surface area (Å²) in [6, 6.07) is 22.2. The molecule has 0 bridgehead atoms. The lowest BCUT2D eigenvalue weighted by Crippen LogP contribution is -2.57. The molecular formula is C57H70N6O13S2. The molecule has 4 aromatic carbocycles. The van der Waals surface area contributed by atoms with E-state index < -0.39 is 56.9 Å². The Morgan fingerprint density at radius 3 is 2.23 bits per heavy atom. The molecule has 21 heteroatoms. The molecule has 3 atom stereocenters. The molecule has 1 aliphatic heterocycles. The number of thiazole rings is 1. The maximum atomic E-state index is 14.0. The zero-order valence-electron chi connectivity index (χ0n) is 45.2. The number of amides is 3. The topological polar surface area (TPSA) is 236 Å². The lowest BCUT2D eigenvalue weighted by atomic mass is 9.85.